The fraction of sp³-hybridized carbons (Fsp3) is 0.647. The Bertz CT molecular complexity index is 460. The maximum absolute atomic E-state index is 10.0. The van der Waals surface area contributed by atoms with E-state index in [-0.39, 0.29) is 0 Å². The van der Waals surface area contributed by atoms with Crippen LogP contribution in [0.4, 0.5) is 0 Å². The molecule has 0 aromatic heterocycles. The van der Waals surface area contributed by atoms with Crippen LogP contribution in [-0.2, 0) is 11.2 Å². The molecule has 3 nitrogen and oxygen atoms in total. The molecule has 2 aliphatic carbocycles. The van der Waals surface area contributed by atoms with Crippen LogP contribution in [0, 0.1) is 0 Å². The Labute approximate surface area is 121 Å². The molecule has 2 aliphatic rings. The molecular formula is C17H25NO2. The van der Waals surface area contributed by atoms with Gasteiger partial charge in [-0.05, 0) is 62.1 Å². The van der Waals surface area contributed by atoms with Gasteiger partial charge in [0.2, 0.25) is 0 Å². The molecule has 110 valence electrons. The van der Waals surface area contributed by atoms with Crippen LogP contribution in [0.25, 0.3) is 0 Å². The van der Waals surface area contributed by atoms with Gasteiger partial charge in [-0.3, -0.25) is 0 Å². The number of fused-ring (bicyclic) bond motifs is 1. The Morgan fingerprint density at radius 1 is 1.20 bits per heavy atom. The molecule has 1 saturated carbocycles. The molecule has 1 aromatic carbocycles. The van der Waals surface area contributed by atoms with Crippen LogP contribution in [0.2, 0.25) is 0 Å². The summed E-state index contributed by atoms with van der Waals surface area (Å²) in [7, 11) is 1.82. The first kappa shape index (κ1) is 13.9. The van der Waals surface area contributed by atoms with E-state index < -0.39 is 0 Å². The van der Waals surface area contributed by atoms with Gasteiger partial charge in [-0.1, -0.05) is 12.1 Å². The lowest BCUT2D eigenvalue weighted by Crippen LogP contribution is -2.39. The molecule has 0 bridgehead atoms. The largest absolute Gasteiger partial charge is 0.508 e. The molecule has 0 amide bonds. The lowest BCUT2D eigenvalue weighted by molar-refractivity contribution is 0.0564. The second-order valence-electron chi connectivity index (χ2n) is 6.18. The third-order valence-corrected chi connectivity index (χ3v) is 4.88. The Kier molecular flexibility index (Phi) is 4.27. The fourth-order valence-electron chi connectivity index (χ4n) is 3.80. The van der Waals surface area contributed by atoms with Gasteiger partial charge in [0.05, 0.1) is 6.10 Å². The van der Waals surface area contributed by atoms with E-state index in [0.29, 0.717) is 23.9 Å². The molecular weight excluding hydrogens is 250 g/mol. The van der Waals surface area contributed by atoms with E-state index >= 15 is 0 Å². The van der Waals surface area contributed by atoms with Crippen molar-refractivity contribution in [2.45, 2.75) is 63.1 Å². The summed E-state index contributed by atoms with van der Waals surface area (Å²) in [4.78, 5) is 0. The summed E-state index contributed by atoms with van der Waals surface area (Å²) in [5.41, 5.74) is 2.45. The van der Waals surface area contributed by atoms with Gasteiger partial charge in [-0.25, -0.2) is 0 Å². The second kappa shape index (κ2) is 6.15. The van der Waals surface area contributed by atoms with Crippen molar-refractivity contribution in [3.63, 3.8) is 0 Å². The van der Waals surface area contributed by atoms with Crippen molar-refractivity contribution in [1.82, 2.24) is 5.32 Å². The SMILES string of the molecule is COC1CCCC(NC2CCCc3c(O)cccc32)C1. The summed E-state index contributed by atoms with van der Waals surface area (Å²) in [6, 6.07) is 6.89. The molecule has 1 aromatic rings. The van der Waals surface area contributed by atoms with Crippen molar-refractivity contribution in [2.75, 3.05) is 7.11 Å². The number of aromatic hydroxyl groups is 1. The summed E-state index contributed by atoms with van der Waals surface area (Å²) < 4.78 is 5.52. The highest BCUT2D eigenvalue weighted by molar-refractivity contribution is 5.42. The van der Waals surface area contributed by atoms with Crippen molar-refractivity contribution in [2.24, 2.45) is 0 Å². The molecule has 20 heavy (non-hydrogen) atoms. The van der Waals surface area contributed by atoms with Gasteiger partial charge >= 0.3 is 0 Å². The number of benzene rings is 1. The number of rotatable bonds is 3. The minimum Gasteiger partial charge on any atom is -0.508 e. The van der Waals surface area contributed by atoms with E-state index in [2.05, 4.69) is 11.4 Å². The monoisotopic (exact) mass is 275 g/mol. The molecule has 3 rings (SSSR count). The number of ether oxygens (including phenoxy) is 1. The van der Waals surface area contributed by atoms with Gasteiger partial charge in [0.15, 0.2) is 0 Å². The molecule has 1 fully saturated rings. The normalized spacial score (nSPS) is 29.9. The van der Waals surface area contributed by atoms with Crippen molar-refractivity contribution in [3.05, 3.63) is 29.3 Å². The van der Waals surface area contributed by atoms with Gasteiger partial charge in [-0.2, -0.15) is 0 Å². The summed E-state index contributed by atoms with van der Waals surface area (Å²) in [6.45, 7) is 0. The number of phenols is 1. The van der Waals surface area contributed by atoms with E-state index in [1.165, 1.54) is 31.2 Å². The van der Waals surface area contributed by atoms with Gasteiger partial charge in [-0.15, -0.1) is 0 Å². The lowest BCUT2D eigenvalue weighted by Gasteiger charge is -2.34. The molecule has 0 spiro atoms. The van der Waals surface area contributed by atoms with E-state index in [1.54, 1.807) is 0 Å². The van der Waals surface area contributed by atoms with Crippen molar-refractivity contribution < 1.29 is 9.84 Å². The third-order valence-electron chi connectivity index (χ3n) is 4.88. The number of methoxy groups -OCH3 is 1. The van der Waals surface area contributed by atoms with Crippen molar-refractivity contribution >= 4 is 0 Å². The quantitative estimate of drug-likeness (QED) is 0.889. The van der Waals surface area contributed by atoms with Crippen LogP contribution in [0.3, 0.4) is 0 Å². The second-order valence-corrected chi connectivity index (χ2v) is 6.18. The predicted octanol–water partition coefficient (Wildman–Crippen LogP) is 3.32. The van der Waals surface area contributed by atoms with Gasteiger partial charge in [0.1, 0.15) is 5.75 Å². The molecule has 0 heterocycles. The van der Waals surface area contributed by atoms with Crippen LogP contribution in [-0.4, -0.2) is 24.4 Å². The number of hydrogen-bond donors (Lipinski definition) is 2. The maximum atomic E-state index is 10.0. The molecule has 3 unspecified atom stereocenters. The Morgan fingerprint density at radius 2 is 2.10 bits per heavy atom. The minimum absolute atomic E-state index is 0.395. The zero-order chi connectivity index (χ0) is 13.9. The summed E-state index contributed by atoms with van der Waals surface area (Å²) in [5.74, 6) is 0.465. The summed E-state index contributed by atoms with van der Waals surface area (Å²) in [6.07, 6.45) is 8.53. The minimum atomic E-state index is 0.395. The average Bonchev–Trinajstić information content (AvgIpc) is 2.49. The molecule has 0 aliphatic heterocycles. The molecule has 3 heteroatoms. The van der Waals surface area contributed by atoms with E-state index in [9.17, 15) is 5.11 Å². The topological polar surface area (TPSA) is 41.5 Å². The number of hydrogen-bond acceptors (Lipinski definition) is 3. The first-order valence-corrected chi connectivity index (χ1v) is 7.87. The van der Waals surface area contributed by atoms with Gasteiger partial charge in [0.25, 0.3) is 0 Å². The third kappa shape index (κ3) is 2.84. The fourth-order valence-corrected chi connectivity index (χ4v) is 3.80. The van der Waals surface area contributed by atoms with E-state index in [4.69, 9.17) is 4.74 Å². The Balaban J connectivity index is 1.71. The smallest absolute Gasteiger partial charge is 0.119 e. The zero-order valence-corrected chi connectivity index (χ0v) is 12.3. The van der Waals surface area contributed by atoms with E-state index in [1.807, 2.05) is 19.2 Å². The van der Waals surface area contributed by atoms with Crippen LogP contribution < -0.4 is 5.32 Å². The summed E-state index contributed by atoms with van der Waals surface area (Å²) >= 11 is 0. The van der Waals surface area contributed by atoms with Gasteiger partial charge in [0, 0.05) is 19.2 Å². The van der Waals surface area contributed by atoms with Crippen molar-refractivity contribution in [1.29, 1.82) is 0 Å². The molecule has 0 radical (unpaired) electrons. The Morgan fingerprint density at radius 3 is 2.95 bits per heavy atom. The number of nitrogens with one attached hydrogen (secondary N) is 1. The average molecular weight is 275 g/mol. The highest BCUT2D eigenvalue weighted by Crippen LogP contribution is 2.35. The van der Waals surface area contributed by atoms with Crippen LogP contribution in [0.1, 0.15) is 55.7 Å². The molecule has 2 N–H and O–H groups in total. The standard InChI is InChI=1S/C17H25NO2/c1-20-13-6-2-5-12(11-13)18-16-9-3-8-15-14(16)7-4-10-17(15)19/h4,7,10,12-13,16,18-19H,2-3,5-6,8-9,11H2,1H3. The van der Waals surface area contributed by atoms with Crippen LogP contribution in [0.5, 0.6) is 5.75 Å². The lowest BCUT2D eigenvalue weighted by atomic mass is 9.85. The molecule has 3 atom stereocenters. The highest BCUT2D eigenvalue weighted by atomic mass is 16.5. The first-order chi connectivity index (χ1) is 9.78. The van der Waals surface area contributed by atoms with Gasteiger partial charge < -0.3 is 15.2 Å². The predicted molar refractivity (Wildman–Crippen MR) is 80.0 cm³/mol. The summed E-state index contributed by atoms with van der Waals surface area (Å²) in [5, 5.41) is 13.8. The van der Waals surface area contributed by atoms with E-state index in [0.717, 1.165) is 24.8 Å². The van der Waals surface area contributed by atoms with Crippen LogP contribution >= 0.6 is 0 Å². The zero-order valence-electron chi connectivity index (χ0n) is 12.3. The number of phenolic OH excluding ortho intramolecular Hbond substituents is 1. The van der Waals surface area contributed by atoms with Crippen LogP contribution in [0.15, 0.2) is 18.2 Å². The highest BCUT2D eigenvalue weighted by Gasteiger charge is 2.27. The first-order valence-electron chi connectivity index (χ1n) is 7.87. The maximum Gasteiger partial charge on any atom is 0.119 e. The Hall–Kier alpha value is -1.06. The van der Waals surface area contributed by atoms with Crippen molar-refractivity contribution in [3.8, 4) is 5.75 Å². The molecule has 0 saturated heterocycles.